The van der Waals surface area contributed by atoms with Gasteiger partial charge in [0.1, 0.15) is 5.75 Å². The molecule has 1 amide bonds. The van der Waals surface area contributed by atoms with Crippen LogP contribution in [-0.4, -0.2) is 25.6 Å². The number of methoxy groups -OCH3 is 1. The maximum absolute atomic E-state index is 11.7. The van der Waals surface area contributed by atoms with Gasteiger partial charge in [0.25, 0.3) is 5.91 Å². The average Bonchev–Trinajstić information content (AvgIpc) is 2.64. The van der Waals surface area contributed by atoms with E-state index in [4.69, 9.17) is 9.47 Å². The maximum atomic E-state index is 11.7. The summed E-state index contributed by atoms with van der Waals surface area (Å²) in [7, 11) is 1.59. The number of rotatable bonds is 7. The van der Waals surface area contributed by atoms with Gasteiger partial charge in [-0.25, -0.2) is 4.79 Å². The van der Waals surface area contributed by atoms with Crippen molar-refractivity contribution in [3.05, 3.63) is 71.8 Å². The second-order valence-corrected chi connectivity index (χ2v) is 4.98. The van der Waals surface area contributed by atoms with Crippen LogP contribution in [0, 0.1) is 0 Å². The lowest BCUT2D eigenvalue weighted by molar-refractivity contribution is -0.143. The summed E-state index contributed by atoms with van der Waals surface area (Å²) in [6, 6.07) is 16.7. The van der Waals surface area contributed by atoms with Gasteiger partial charge < -0.3 is 14.8 Å². The van der Waals surface area contributed by atoms with E-state index in [1.807, 2.05) is 54.6 Å². The molecule has 1 N–H and O–H groups in total. The van der Waals surface area contributed by atoms with Gasteiger partial charge in [0, 0.05) is 12.6 Å². The fourth-order valence-corrected chi connectivity index (χ4v) is 1.91. The number of hydrogen-bond donors (Lipinski definition) is 1. The molecule has 0 aliphatic carbocycles. The normalized spacial score (nSPS) is 10.4. The van der Waals surface area contributed by atoms with Crippen molar-refractivity contribution in [3.8, 4) is 5.75 Å². The summed E-state index contributed by atoms with van der Waals surface area (Å²) in [6.45, 7) is 0.0500. The Morgan fingerprint density at radius 3 is 2.42 bits per heavy atom. The minimum Gasteiger partial charge on any atom is -0.497 e. The first-order chi connectivity index (χ1) is 11.7. The van der Waals surface area contributed by atoms with Gasteiger partial charge in [0.2, 0.25) is 0 Å². The predicted molar refractivity (Wildman–Crippen MR) is 91.3 cm³/mol. The summed E-state index contributed by atoms with van der Waals surface area (Å²) in [5.74, 6) is -0.157. The number of carbonyl (C=O) groups excluding carboxylic acids is 2. The molecule has 0 aliphatic rings. The molecule has 2 rings (SSSR count). The second kappa shape index (κ2) is 9.15. The monoisotopic (exact) mass is 325 g/mol. The smallest absolute Gasteiger partial charge is 0.331 e. The highest BCUT2D eigenvalue weighted by Crippen LogP contribution is 2.10. The molecule has 2 aromatic rings. The Morgan fingerprint density at radius 2 is 1.75 bits per heavy atom. The number of nitrogens with one attached hydrogen (secondary N) is 1. The highest BCUT2D eigenvalue weighted by Gasteiger charge is 2.05. The van der Waals surface area contributed by atoms with E-state index in [-0.39, 0.29) is 12.5 Å². The average molecular weight is 325 g/mol. The molecule has 0 aromatic heterocycles. The summed E-state index contributed by atoms with van der Waals surface area (Å²) in [5, 5.41) is 2.68. The molecule has 0 heterocycles. The lowest BCUT2D eigenvalue weighted by atomic mass is 10.2. The van der Waals surface area contributed by atoms with Crippen molar-refractivity contribution < 1.29 is 19.1 Å². The van der Waals surface area contributed by atoms with Gasteiger partial charge in [-0.2, -0.15) is 0 Å². The summed E-state index contributed by atoms with van der Waals surface area (Å²) >= 11 is 0. The molecule has 0 spiro atoms. The quantitative estimate of drug-likeness (QED) is 0.628. The topological polar surface area (TPSA) is 64.6 Å². The van der Waals surface area contributed by atoms with Crippen LogP contribution in [0.1, 0.15) is 11.1 Å². The first-order valence-electron chi connectivity index (χ1n) is 7.47. The molecule has 24 heavy (non-hydrogen) atoms. The third-order valence-corrected chi connectivity index (χ3v) is 3.21. The minimum absolute atomic E-state index is 0.311. The molecule has 0 saturated heterocycles. The molecule has 0 radical (unpaired) electrons. The molecule has 0 saturated carbocycles. The number of esters is 1. The first-order valence-corrected chi connectivity index (χ1v) is 7.47. The lowest BCUT2D eigenvalue weighted by Crippen LogP contribution is -2.28. The maximum Gasteiger partial charge on any atom is 0.331 e. The minimum atomic E-state index is -0.557. The fraction of sp³-hybridized carbons (Fsp3) is 0.158. The molecular weight excluding hydrogens is 306 g/mol. The van der Waals surface area contributed by atoms with E-state index in [0.29, 0.717) is 6.54 Å². The van der Waals surface area contributed by atoms with Crippen molar-refractivity contribution in [2.24, 2.45) is 0 Å². The summed E-state index contributed by atoms with van der Waals surface area (Å²) in [4.78, 5) is 23.2. The van der Waals surface area contributed by atoms with Crippen molar-refractivity contribution in [2.75, 3.05) is 13.7 Å². The summed E-state index contributed by atoms with van der Waals surface area (Å²) in [5.41, 5.74) is 1.82. The second-order valence-electron chi connectivity index (χ2n) is 4.98. The number of carbonyl (C=O) groups is 2. The van der Waals surface area contributed by atoms with Gasteiger partial charge in [-0.05, 0) is 29.3 Å². The zero-order chi connectivity index (χ0) is 17.2. The number of ether oxygens (including phenoxy) is 2. The standard InChI is InChI=1S/C19H19NO4/c1-23-17-10-7-16(8-11-17)13-20-18(21)14-24-19(22)12-9-15-5-3-2-4-6-15/h2-12H,13-14H2,1H3,(H,20,21)/b12-9+. The lowest BCUT2D eigenvalue weighted by Gasteiger charge is -2.06. The van der Waals surface area contributed by atoms with Gasteiger partial charge in [-0.1, -0.05) is 42.5 Å². The van der Waals surface area contributed by atoms with Crippen LogP contribution >= 0.6 is 0 Å². The van der Waals surface area contributed by atoms with Gasteiger partial charge in [-0.15, -0.1) is 0 Å². The van der Waals surface area contributed by atoms with E-state index >= 15 is 0 Å². The van der Waals surface area contributed by atoms with Crippen LogP contribution in [0.15, 0.2) is 60.7 Å². The highest BCUT2D eigenvalue weighted by atomic mass is 16.5. The van der Waals surface area contributed by atoms with E-state index in [1.165, 1.54) is 6.08 Å². The Morgan fingerprint density at radius 1 is 1.04 bits per heavy atom. The van der Waals surface area contributed by atoms with E-state index in [2.05, 4.69) is 5.32 Å². The third kappa shape index (κ3) is 5.96. The van der Waals surface area contributed by atoms with E-state index in [0.717, 1.165) is 16.9 Å². The fourth-order valence-electron chi connectivity index (χ4n) is 1.91. The zero-order valence-electron chi connectivity index (χ0n) is 13.4. The van der Waals surface area contributed by atoms with E-state index in [1.54, 1.807) is 13.2 Å². The van der Waals surface area contributed by atoms with Crippen LogP contribution in [0.25, 0.3) is 6.08 Å². The van der Waals surface area contributed by atoms with Crippen LogP contribution in [0.2, 0.25) is 0 Å². The van der Waals surface area contributed by atoms with Crippen molar-refractivity contribution in [2.45, 2.75) is 6.54 Å². The molecule has 0 unspecified atom stereocenters. The van der Waals surface area contributed by atoms with Crippen LogP contribution < -0.4 is 10.1 Å². The Bertz CT molecular complexity index is 693. The number of amides is 1. The Hall–Kier alpha value is -3.08. The van der Waals surface area contributed by atoms with Gasteiger partial charge in [0.15, 0.2) is 6.61 Å². The Labute approximate surface area is 140 Å². The van der Waals surface area contributed by atoms with Crippen molar-refractivity contribution in [1.82, 2.24) is 5.32 Å². The van der Waals surface area contributed by atoms with Gasteiger partial charge in [-0.3, -0.25) is 4.79 Å². The molecule has 0 bridgehead atoms. The van der Waals surface area contributed by atoms with Crippen LogP contribution in [-0.2, 0) is 20.9 Å². The van der Waals surface area contributed by atoms with Crippen LogP contribution in [0.4, 0.5) is 0 Å². The van der Waals surface area contributed by atoms with Gasteiger partial charge >= 0.3 is 5.97 Å². The van der Waals surface area contributed by atoms with E-state index < -0.39 is 5.97 Å². The zero-order valence-corrected chi connectivity index (χ0v) is 13.4. The Balaban J connectivity index is 1.70. The molecule has 2 aromatic carbocycles. The van der Waals surface area contributed by atoms with Gasteiger partial charge in [0.05, 0.1) is 7.11 Å². The predicted octanol–water partition coefficient (Wildman–Crippen LogP) is 2.57. The highest BCUT2D eigenvalue weighted by molar-refractivity contribution is 5.89. The molecule has 5 nitrogen and oxygen atoms in total. The van der Waals surface area contributed by atoms with E-state index in [9.17, 15) is 9.59 Å². The van der Waals surface area contributed by atoms with Crippen molar-refractivity contribution >= 4 is 18.0 Å². The largest absolute Gasteiger partial charge is 0.497 e. The summed E-state index contributed by atoms with van der Waals surface area (Å²) in [6.07, 6.45) is 2.93. The number of benzene rings is 2. The Kier molecular flexibility index (Phi) is 6.58. The molecule has 0 fully saturated rings. The molecular formula is C19H19NO4. The molecule has 5 heteroatoms. The number of hydrogen-bond acceptors (Lipinski definition) is 4. The van der Waals surface area contributed by atoms with Crippen molar-refractivity contribution in [1.29, 1.82) is 0 Å². The molecule has 0 aliphatic heterocycles. The third-order valence-electron chi connectivity index (χ3n) is 3.21. The SMILES string of the molecule is COc1ccc(CNC(=O)COC(=O)/C=C/c2ccccc2)cc1. The molecule has 124 valence electrons. The summed E-state index contributed by atoms with van der Waals surface area (Å²) < 4.78 is 9.96. The van der Waals surface area contributed by atoms with Crippen LogP contribution in [0.5, 0.6) is 5.75 Å². The van der Waals surface area contributed by atoms with Crippen molar-refractivity contribution in [3.63, 3.8) is 0 Å². The molecule has 0 atom stereocenters. The van der Waals surface area contributed by atoms with Crippen LogP contribution in [0.3, 0.4) is 0 Å². The first kappa shape index (κ1) is 17.3.